The van der Waals surface area contributed by atoms with Crippen molar-refractivity contribution in [3.8, 4) is 0 Å². The SMILES string of the molecule is CC(=O)N1Cc2cc(N/C(=C\[N+](=O)[O-])Nc3ccc(Cl)cc3)ccc2C1C(=O)NC(Cc1ccccc1CC(NC(=O)CC(C)(C)C)C(=O)O)C(=O)O. The smallest absolute Gasteiger partial charge is 0.326 e. The van der Waals surface area contributed by atoms with Crippen LogP contribution in [0.15, 0.2) is 78.8 Å². The summed E-state index contributed by atoms with van der Waals surface area (Å²) in [4.78, 5) is 75.7. The lowest BCUT2D eigenvalue weighted by Gasteiger charge is -2.25. The van der Waals surface area contributed by atoms with Crippen LogP contribution in [0.1, 0.15) is 62.4 Å². The number of halogens is 1. The quantitative estimate of drug-likeness (QED) is 0.0924. The summed E-state index contributed by atoms with van der Waals surface area (Å²) in [6.07, 6.45) is 0.509. The molecular weight excluding hydrogens is 708 g/mol. The van der Waals surface area contributed by atoms with E-state index in [9.17, 15) is 44.3 Å². The number of nitro groups is 1. The lowest BCUT2D eigenvalue weighted by molar-refractivity contribution is -0.403. The molecule has 3 aromatic rings. The Morgan fingerprint density at radius 2 is 1.45 bits per heavy atom. The zero-order chi connectivity index (χ0) is 39.0. The summed E-state index contributed by atoms with van der Waals surface area (Å²) >= 11 is 5.94. The van der Waals surface area contributed by atoms with Crippen LogP contribution < -0.4 is 21.3 Å². The Labute approximate surface area is 310 Å². The molecule has 0 saturated heterocycles. The molecule has 1 aliphatic rings. The van der Waals surface area contributed by atoms with Gasteiger partial charge in [-0.15, -0.1) is 0 Å². The minimum Gasteiger partial charge on any atom is -0.480 e. The summed E-state index contributed by atoms with van der Waals surface area (Å²) in [6, 6.07) is 14.0. The van der Waals surface area contributed by atoms with Gasteiger partial charge in [-0.05, 0) is 64.1 Å². The summed E-state index contributed by atoms with van der Waals surface area (Å²) in [6.45, 7) is 6.84. The Hall–Kier alpha value is -5.96. The first kappa shape index (κ1) is 39.8. The Bertz CT molecular complexity index is 1930. The fraction of sp³-hybridized carbons (Fsp3) is 0.324. The molecule has 0 saturated carbocycles. The molecule has 280 valence electrons. The van der Waals surface area contributed by atoms with Crippen LogP contribution in [0.25, 0.3) is 0 Å². The summed E-state index contributed by atoms with van der Waals surface area (Å²) in [5.74, 6) is -4.21. The third-order valence-electron chi connectivity index (χ3n) is 8.28. The number of benzene rings is 3. The topological polar surface area (TPSA) is 220 Å². The van der Waals surface area contributed by atoms with Gasteiger partial charge >= 0.3 is 11.9 Å². The standard InChI is InChI=1S/C37H41ClN6O9/c1-21(45)43-19-24-15-27(40-31(20-44(52)53)39-26-11-9-25(38)10-12-26)13-14-28(24)33(43)34(47)42-30(36(50)51)17-23-8-6-5-7-22(23)16-29(35(48)49)41-32(46)18-37(2,3)4/h5-15,20,29-30,33,39-40H,16-19H2,1-4H3,(H,41,46)(H,42,47)(H,48,49)(H,50,51)/b31-20-. The highest BCUT2D eigenvalue weighted by Gasteiger charge is 2.39. The van der Waals surface area contributed by atoms with Crippen molar-refractivity contribution in [2.24, 2.45) is 5.41 Å². The van der Waals surface area contributed by atoms with E-state index in [0.717, 1.165) is 6.20 Å². The molecule has 53 heavy (non-hydrogen) atoms. The van der Waals surface area contributed by atoms with Gasteiger partial charge in [-0.3, -0.25) is 24.5 Å². The Morgan fingerprint density at radius 3 is 1.98 bits per heavy atom. The molecular formula is C37H41ClN6O9. The molecule has 3 aromatic carbocycles. The van der Waals surface area contributed by atoms with Crippen LogP contribution >= 0.6 is 11.6 Å². The monoisotopic (exact) mass is 748 g/mol. The molecule has 3 atom stereocenters. The molecule has 4 rings (SSSR count). The predicted molar refractivity (Wildman–Crippen MR) is 196 cm³/mol. The molecule has 16 heteroatoms. The molecule has 1 aliphatic heterocycles. The number of amides is 3. The summed E-state index contributed by atoms with van der Waals surface area (Å²) < 4.78 is 0. The number of aliphatic carboxylic acids is 2. The van der Waals surface area contributed by atoms with Gasteiger partial charge in [0.05, 0.1) is 4.92 Å². The molecule has 15 nitrogen and oxygen atoms in total. The third kappa shape index (κ3) is 11.3. The largest absolute Gasteiger partial charge is 0.480 e. The number of carboxylic acid groups (broad SMARTS) is 2. The fourth-order valence-corrected chi connectivity index (χ4v) is 6.05. The zero-order valence-electron chi connectivity index (χ0n) is 29.5. The lowest BCUT2D eigenvalue weighted by atomic mass is 9.91. The van der Waals surface area contributed by atoms with E-state index >= 15 is 0 Å². The van der Waals surface area contributed by atoms with Gasteiger partial charge in [-0.25, -0.2) is 9.59 Å². The van der Waals surface area contributed by atoms with Crippen molar-refractivity contribution in [2.45, 2.75) is 71.6 Å². The van der Waals surface area contributed by atoms with Gasteiger partial charge in [0.15, 0.2) is 5.82 Å². The van der Waals surface area contributed by atoms with Crippen molar-refractivity contribution in [3.05, 3.63) is 116 Å². The van der Waals surface area contributed by atoms with Crippen molar-refractivity contribution in [1.29, 1.82) is 0 Å². The highest BCUT2D eigenvalue weighted by atomic mass is 35.5. The van der Waals surface area contributed by atoms with Gasteiger partial charge in [0.2, 0.25) is 17.7 Å². The first-order valence-electron chi connectivity index (χ1n) is 16.6. The van der Waals surface area contributed by atoms with Gasteiger partial charge in [0.1, 0.15) is 18.1 Å². The summed E-state index contributed by atoms with van der Waals surface area (Å²) in [5.41, 5.74) is 2.49. The second-order valence-corrected chi connectivity index (χ2v) is 14.3. The number of anilines is 2. The van der Waals surface area contributed by atoms with Crippen molar-refractivity contribution in [2.75, 3.05) is 10.6 Å². The molecule has 0 radical (unpaired) electrons. The Kier molecular flexibility index (Phi) is 12.8. The van der Waals surface area contributed by atoms with E-state index in [1.165, 1.54) is 11.8 Å². The average molecular weight is 749 g/mol. The van der Waals surface area contributed by atoms with Gasteiger partial charge < -0.3 is 36.4 Å². The maximum Gasteiger partial charge on any atom is 0.326 e. The van der Waals surface area contributed by atoms with Crippen molar-refractivity contribution in [1.82, 2.24) is 15.5 Å². The number of carbonyl (C=O) groups is 5. The highest BCUT2D eigenvalue weighted by molar-refractivity contribution is 6.30. The minimum absolute atomic E-state index is 0.00918. The number of fused-ring (bicyclic) bond motifs is 1. The number of nitrogens with zero attached hydrogens (tertiary/aromatic N) is 2. The van der Waals surface area contributed by atoms with Gasteiger partial charge in [-0.1, -0.05) is 62.7 Å². The first-order chi connectivity index (χ1) is 24.9. The van der Waals surface area contributed by atoms with Crippen LogP contribution in [-0.2, 0) is 43.4 Å². The number of nitrogens with one attached hydrogen (secondary N) is 4. The molecule has 0 fully saturated rings. The number of hydrogen-bond acceptors (Lipinski definition) is 9. The summed E-state index contributed by atoms with van der Waals surface area (Å²) in [5, 5.41) is 42.8. The van der Waals surface area contributed by atoms with Gasteiger partial charge in [0, 0.05) is 49.1 Å². The normalized spacial score (nSPS) is 15.1. The highest BCUT2D eigenvalue weighted by Crippen LogP contribution is 2.36. The zero-order valence-corrected chi connectivity index (χ0v) is 30.3. The predicted octanol–water partition coefficient (Wildman–Crippen LogP) is 4.70. The van der Waals surface area contributed by atoms with E-state index in [0.29, 0.717) is 38.7 Å². The van der Waals surface area contributed by atoms with Crippen molar-refractivity contribution < 1.29 is 39.1 Å². The van der Waals surface area contributed by atoms with Gasteiger partial charge in [0.25, 0.3) is 6.20 Å². The maximum absolute atomic E-state index is 13.8. The molecule has 0 spiro atoms. The molecule has 6 N–H and O–H groups in total. The number of rotatable bonds is 15. The Morgan fingerprint density at radius 1 is 0.906 bits per heavy atom. The molecule has 1 heterocycles. The molecule has 3 amide bonds. The van der Waals surface area contributed by atoms with Crippen LogP contribution in [0.3, 0.4) is 0 Å². The lowest BCUT2D eigenvalue weighted by Crippen LogP contribution is -2.47. The van der Waals surface area contributed by atoms with E-state index in [2.05, 4.69) is 21.3 Å². The maximum atomic E-state index is 13.8. The van der Waals surface area contributed by atoms with E-state index in [1.54, 1.807) is 66.7 Å². The number of carbonyl (C=O) groups excluding carboxylic acids is 3. The van der Waals surface area contributed by atoms with Crippen LogP contribution in [0, 0.1) is 15.5 Å². The Balaban J connectivity index is 1.53. The van der Waals surface area contributed by atoms with Crippen molar-refractivity contribution >= 4 is 52.6 Å². The second-order valence-electron chi connectivity index (χ2n) is 13.8. The van der Waals surface area contributed by atoms with Gasteiger partial charge in [-0.2, -0.15) is 0 Å². The molecule has 0 aliphatic carbocycles. The number of carboxylic acids is 2. The average Bonchev–Trinajstić information content (AvgIpc) is 3.44. The van der Waals surface area contributed by atoms with E-state index < -0.39 is 52.7 Å². The number of hydrogen-bond donors (Lipinski definition) is 6. The second kappa shape index (κ2) is 17.0. The summed E-state index contributed by atoms with van der Waals surface area (Å²) in [7, 11) is 0. The third-order valence-corrected chi connectivity index (χ3v) is 8.54. The first-order valence-corrected chi connectivity index (χ1v) is 16.9. The van der Waals surface area contributed by atoms with Crippen LogP contribution in [-0.4, -0.2) is 61.8 Å². The molecule has 0 aromatic heterocycles. The minimum atomic E-state index is -1.46. The molecule has 3 unspecified atom stereocenters. The van der Waals surface area contributed by atoms with Crippen LogP contribution in [0.5, 0.6) is 0 Å². The van der Waals surface area contributed by atoms with E-state index in [-0.39, 0.29) is 37.0 Å². The fourth-order valence-electron chi connectivity index (χ4n) is 5.92. The van der Waals surface area contributed by atoms with Crippen LogP contribution in [0.4, 0.5) is 11.4 Å². The van der Waals surface area contributed by atoms with Crippen LogP contribution in [0.2, 0.25) is 5.02 Å². The van der Waals surface area contributed by atoms with E-state index in [4.69, 9.17) is 11.6 Å². The molecule has 0 bridgehead atoms. The van der Waals surface area contributed by atoms with Crippen molar-refractivity contribution in [3.63, 3.8) is 0 Å². The van der Waals surface area contributed by atoms with E-state index in [1.807, 2.05) is 20.8 Å².